The van der Waals surface area contributed by atoms with Gasteiger partial charge in [0.1, 0.15) is 5.01 Å². The summed E-state index contributed by atoms with van der Waals surface area (Å²) in [6.07, 6.45) is 0.675. The van der Waals surface area contributed by atoms with Crippen molar-refractivity contribution in [2.75, 3.05) is 5.73 Å². The van der Waals surface area contributed by atoms with Gasteiger partial charge in [0.2, 0.25) is 0 Å². The molecule has 0 amide bonds. The molecule has 2 N–H and O–H groups in total. The molecular formula is C16H12N2S. The Balaban J connectivity index is 1.79. The summed E-state index contributed by atoms with van der Waals surface area (Å²) in [5.41, 5.74) is 8.45. The van der Waals surface area contributed by atoms with Crippen molar-refractivity contribution in [2.24, 2.45) is 0 Å². The summed E-state index contributed by atoms with van der Waals surface area (Å²) in [6, 6.07) is 15.8. The maximum atomic E-state index is 5.71. The molecule has 2 nitrogen and oxygen atoms in total. The Morgan fingerprint density at radius 3 is 2.84 bits per heavy atom. The number of nitrogen functional groups attached to an aromatic ring is 1. The van der Waals surface area contributed by atoms with Gasteiger partial charge in [0.15, 0.2) is 0 Å². The molecule has 0 saturated heterocycles. The number of aromatic nitrogens is 1. The highest BCUT2D eigenvalue weighted by Gasteiger charge is 2.00. The molecule has 0 unspecified atom stereocenters. The van der Waals surface area contributed by atoms with Crippen molar-refractivity contribution >= 4 is 27.2 Å². The first-order chi connectivity index (χ1) is 9.31. The Morgan fingerprint density at radius 2 is 2.00 bits per heavy atom. The Kier molecular flexibility index (Phi) is 3.18. The second kappa shape index (κ2) is 5.13. The zero-order valence-corrected chi connectivity index (χ0v) is 11.1. The van der Waals surface area contributed by atoms with Crippen molar-refractivity contribution in [1.29, 1.82) is 0 Å². The Bertz CT molecular complexity index is 745. The van der Waals surface area contributed by atoms with Crippen molar-refractivity contribution in [1.82, 2.24) is 4.98 Å². The molecule has 0 bridgehead atoms. The molecule has 92 valence electrons. The lowest BCUT2D eigenvalue weighted by Gasteiger charge is -1.92. The summed E-state index contributed by atoms with van der Waals surface area (Å²) in [6.45, 7) is 0. The first-order valence-corrected chi connectivity index (χ1v) is 6.82. The highest BCUT2D eigenvalue weighted by molar-refractivity contribution is 7.18. The quantitative estimate of drug-likeness (QED) is 0.540. The fourth-order valence-electron chi connectivity index (χ4n) is 1.83. The standard InChI is InChI=1S/C16H12N2S/c17-13-7-3-5-12(11-13)6-4-10-16-18-14-8-1-2-9-15(14)19-16/h1-3,5,7-9,11H,10,17H2. The minimum atomic E-state index is 0.675. The third-order valence-corrected chi connectivity index (χ3v) is 3.73. The van der Waals surface area contributed by atoms with Crippen LogP contribution in [0.4, 0.5) is 5.69 Å². The largest absolute Gasteiger partial charge is 0.399 e. The van der Waals surface area contributed by atoms with Crippen molar-refractivity contribution in [3.8, 4) is 11.8 Å². The van der Waals surface area contributed by atoms with Crippen LogP contribution in [0.1, 0.15) is 10.6 Å². The first-order valence-electron chi connectivity index (χ1n) is 6.00. The molecule has 3 rings (SSSR count). The zero-order valence-electron chi connectivity index (χ0n) is 10.3. The van der Waals surface area contributed by atoms with Crippen molar-refractivity contribution in [3.05, 3.63) is 59.1 Å². The average molecular weight is 264 g/mol. The molecule has 2 aromatic carbocycles. The van der Waals surface area contributed by atoms with E-state index in [0.717, 1.165) is 21.8 Å². The van der Waals surface area contributed by atoms with E-state index >= 15 is 0 Å². The number of hydrogen-bond donors (Lipinski definition) is 1. The van der Waals surface area contributed by atoms with Crippen LogP contribution in [0, 0.1) is 11.8 Å². The van der Waals surface area contributed by atoms with Crippen molar-refractivity contribution in [3.63, 3.8) is 0 Å². The van der Waals surface area contributed by atoms with Gasteiger partial charge in [-0.3, -0.25) is 0 Å². The second-order valence-corrected chi connectivity index (χ2v) is 5.29. The number of anilines is 1. The van der Waals surface area contributed by atoms with Gasteiger partial charge in [-0.1, -0.05) is 30.0 Å². The number of fused-ring (bicyclic) bond motifs is 1. The number of nitrogens with zero attached hydrogens (tertiary/aromatic N) is 1. The fraction of sp³-hybridized carbons (Fsp3) is 0.0625. The van der Waals surface area contributed by atoms with Crippen LogP contribution < -0.4 is 5.73 Å². The van der Waals surface area contributed by atoms with Gasteiger partial charge in [0, 0.05) is 11.3 Å². The van der Waals surface area contributed by atoms with Gasteiger partial charge in [-0.25, -0.2) is 4.98 Å². The van der Waals surface area contributed by atoms with Crippen molar-refractivity contribution < 1.29 is 0 Å². The summed E-state index contributed by atoms with van der Waals surface area (Å²) in [5, 5.41) is 1.05. The van der Waals surface area contributed by atoms with Gasteiger partial charge in [0.05, 0.1) is 16.6 Å². The molecule has 3 heteroatoms. The molecule has 0 saturated carbocycles. The van der Waals surface area contributed by atoms with Gasteiger partial charge in [-0.2, -0.15) is 0 Å². The van der Waals surface area contributed by atoms with E-state index in [1.165, 1.54) is 4.70 Å². The van der Waals surface area contributed by atoms with E-state index in [1.807, 2.05) is 42.5 Å². The van der Waals surface area contributed by atoms with Gasteiger partial charge >= 0.3 is 0 Å². The normalized spacial score (nSPS) is 10.1. The predicted octanol–water partition coefficient (Wildman–Crippen LogP) is 3.47. The van der Waals surface area contributed by atoms with Crippen LogP contribution in [0.15, 0.2) is 48.5 Å². The molecule has 0 spiro atoms. The monoisotopic (exact) mass is 264 g/mol. The number of thiazole rings is 1. The molecule has 1 heterocycles. The predicted molar refractivity (Wildman–Crippen MR) is 81.1 cm³/mol. The molecule has 0 aliphatic rings. The molecule has 0 atom stereocenters. The lowest BCUT2D eigenvalue weighted by Crippen LogP contribution is -1.84. The van der Waals surface area contributed by atoms with Crippen LogP contribution in [0.25, 0.3) is 10.2 Å². The van der Waals surface area contributed by atoms with E-state index in [1.54, 1.807) is 11.3 Å². The summed E-state index contributed by atoms with van der Waals surface area (Å²) in [7, 11) is 0. The van der Waals surface area contributed by atoms with E-state index in [2.05, 4.69) is 22.9 Å². The Labute approximate surface area is 115 Å². The fourth-order valence-corrected chi connectivity index (χ4v) is 2.74. The third kappa shape index (κ3) is 2.75. The minimum absolute atomic E-state index is 0.675. The van der Waals surface area contributed by atoms with Crippen LogP contribution in [0.3, 0.4) is 0 Å². The Hall–Kier alpha value is -2.31. The first kappa shape index (κ1) is 11.8. The topological polar surface area (TPSA) is 38.9 Å². The van der Waals surface area contributed by atoms with Crippen LogP contribution in [0.2, 0.25) is 0 Å². The second-order valence-electron chi connectivity index (χ2n) is 4.18. The summed E-state index contributed by atoms with van der Waals surface area (Å²) in [4.78, 5) is 4.55. The van der Waals surface area contributed by atoms with E-state index < -0.39 is 0 Å². The number of para-hydroxylation sites is 1. The number of benzene rings is 2. The van der Waals surface area contributed by atoms with Gasteiger partial charge in [-0.15, -0.1) is 11.3 Å². The third-order valence-electron chi connectivity index (χ3n) is 2.70. The maximum Gasteiger partial charge on any atom is 0.106 e. The smallest absolute Gasteiger partial charge is 0.106 e. The average Bonchev–Trinajstić information content (AvgIpc) is 2.81. The maximum absolute atomic E-state index is 5.71. The summed E-state index contributed by atoms with van der Waals surface area (Å²) < 4.78 is 1.21. The molecule has 0 radical (unpaired) electrons. The van der Waals surface area contributed by atoms with Crippen LogP contribution in [-0.2, 0) is 6.42 Å². The molecular weight excluding hydrogens is 252 g/mol. The molecule has 19 heavy (non-hydrogen) atoms. The number of hydrogen-bond acceptors (Lipinski definition) is 3. The SMILES string of the molecule is Nc1cccc(C#CCc2nc3ccccc3s2)c1. The number of nitrogens with two attached hydrogens (primary N) is 1. The van der Waals surface area contributed by atoms with Crippen LogP contribution >= 0.6 is 11.3 Å². The number of rotatable bonds is 1. The molecule has 1 aromatic heterocycles. The Morgan fingerprint density at radius 1 is 1.11 bits per heavy atom. The lowest BCUT2D eigenvalue weighted by atomic mass is 10.2. The molecule has 3 aromatic rings. The highest BCUT2D eigenvalue weighted by Crippen LogP contribution is 2.21. The lowest BCUT2D eigenvalue weighted by molar-refractivity contribution is 1.25. The van der Waals surface area contributed by atoms with E-state index in [9.17, 15) is 0 Å². The van der Waals surface area contributed by atoms with Gasteiger partial charge in [-0.05, 0) is 30.3 Å². The van der Waals surface area contributed by atoms with Crippen LogP contribution in [0.5, 0.6) is 0 Å². The molecule has 0 fully saturated rings. The minimum Gasteiger partial charge on any atom is -0.399 e. The van der Waals surface area contributed by atoms with E-state index in [4.69, 9.17) is 5.73 Å². The van der Waals surface area contributed by atoms with Crippen molar-refractivity contribution in [2.45, 2.75) is 6.42 Å². The van der Waals surface area contributed by atoms with E-state index in [-0.39, 0.29) is 0 Å². The summed E-state index contributed by atoms with van der Waals surface area (Å²) >= 11 is 1.70. The zero-order chi connectivity index (χ0) is 13.1. The summed E-state index contributed by atoms with van der Waals surface area (Å²) in [5.74, 6) is 6.26. The van der Waals surface area contributed by atoms with Crippen LogP contribution in [-0.4, -0.2) is 4.98 Å². The highest BCUT2D eigenvalue weighted by atomic mass is 32.1. The van der Waals surface area contributed by atoms with Gasteiger partial charge in [0.25, 0.3) is 0 Å². The van der Waals surface area contributed by atoms with E-state index in [0.29, 0.717) is 6.42 Å². The molecule has 0 aliphatic carbocycles. The van der Waals surface area contributed by atoms with Gasteiger partial charge < -0.3 is 5.73 Å². The molecule has 0 aliphatic heterocycles.